The van der Waals surface area contributed by atoms with Crippen molar-refractivity contribution in [2.24, 2.45) is 0 Å². The Kier molecular flexibility index (Phi) is 5.04. The Bertz CT molecular complexity index is 1120. The van der Waals surface area contributed by atoms with E-state index < -0.39 is 28.0 Å². The van der Waals surface area contributed by atoms with E-state index in [4.69, 9.17) is 4.42 Å². The predicted octanol–water partition coefficient (Wildman–Crippen LogP) is 3.26. The van der Waals surface area contributed by atoms with Crippen LogP contribution in [-0.2, 0) is 10.0 Å². The second kappa shape index (κ2) is 7.17. The SMILES string of the molecule is Cc1c(C(=O)NNS(=O)(=O)c2ccc(OC(F)(F)F)cc2)oc2ccccc12. The summed E-state index contributed by atoms with van der Waals surface area (Å²) in [6.07, 6.45) is -4.89. The number of halogens is 3. The number of ether oxygens (including phenoxy) is 1. The summed E-state index contributed by atoms with van der Waals surface area (Å²) in [5, 5.41) is 0.704. The molecule has 0 spiro atoms. The number of fused-ring (bicyclic) bond motifs is 1. The number of sulfonamides is 1. The Morgan fingerprint density at radius 2 is 1.71 bits per heavy atom. The van der Waals surface area contributed by atoms with Crippen LogP contribution in [-0.4, -0.2) is 20.7 Å². The van der Waals surface area contributed by atoms with Crippen molar-refractivity contribution in [2.45, 2.75) is 18.2 Å². The maximum atomic E-state index is 12.2. The summed E-state index contributed by atoms with van der Waals surface area (Å²) in [5.41, 5.74) is 3.01. The molecule has 0 unspecified atom stereocenters. The quantitative estimate of drug-likeness (QED) is 0.625. The van der Waals surface area contributed by atoms with Gasteiger partial charge in [-0.15, -0.1) is 18.0 Å². The minimum Gasteiger partial charge on any atom is -0.451 e. The van der Waals surface area contributed by atoms with Crippen molar-refractivity contribution in [3.8, 4) is 5.75 Å². The second-order valence-electron chi connectivity index (χ2n) is 5.63. The first kappa shape index (κ1) is 19.7. The van der Waals surface area contributed by atoms with Crippen molar-refractivity contribution in [3.63, 3.8) is 0 Å². The number of aryl methyl sites for hydroxylation is 1. The third-order valence-corrected chi connectivity index (χ3v) is 4.98. The molecule has 0 atom stereocenters. The molecule has 0 radical (unpaired) electrons. The van der Waals surface area contributed by atoms with Crippen LogP contribution in [0.15, 0.2) is 57.8 Å². The highest BCUT2D eigenvalue weighted by Crippen LogP contribution is 2.25. The van der Waals surface area contributed by atoms with Crippen LogP contribution in [0.4, 0.5) is 13.2 Å². The molecule has 3 aromatic rings. The van der Waals surface area contributed by atoms with Crippen LogP contribution in [0.3, 0.4) is 0 Å². The smallest absolute Gasteiger partial charge is 0.451 e. The average Bonchev–Trinajstić information content (AvgIpc) is 2.96. The number of carbonyl (C=O) groups is 1. The van der Waals surface area contributed by atoms with E-state index in [0.29, 0.717) is 16.5 Å². The predicted molar refractivity (Wildman–Crippen MR) is 91.9 cm³/mol. The molecule has 1 heterocycles. The molecule has 1 amide bonds. The van der Waals surface area contributed by atoms with Crippen molar-refractivity contribution in [1.82, 2.24) is 10.3 Å². The molecule has 0 saturated heterocycles. The molecule has 1 aromatic heterocycles. The number of carbonyl (C=O) groups excluding carboxylic acids is 1. The highest BCUT2D eigenvalue weighted by molar-refractivity contribution is 7.89. The fourth-order valence-corrected chi connectivity index (χ4v) is 3.28. The van der Waals surface area contributed by atoms with Crippen LogP contribution in [0.1, 0.15) is 16.1 Å². The molecule has 0 aliphatic carbocycles. The minimum atomic E-state index is -4.89. The molecule has 28 heavy (non-hydrogen) atoms. The van der Waals surface area contributed by atoms with E-state index in [1.54, 1.807) is 31.2 Å². The molecular formula is C17H13F3N2O5S. The summed E-state index contributed by atoms with van der Waals surface area (Å²) >= 11 is 0. The van der Waals surface area contributed by atoms with Crippen LogP contribution in [0.5, 0.6) is 5.75 Å². The van der Waals surface area contributed by atoms with Crippen LogP contribution in [0.2, 0.25) is 0 Å². The zero-order chi connectivity index (χ0) is 20.5. The largest absolute Gasteiger partial charge is 0.573 e. The van der Waals surface area contributed by atoms with E-state index in [-0.39, 0.29) is 10.7 Å². The zero-order valence-electron chi connectivity index (χ0n) is 14.2. The fourth-order valence-electron chi connectivity index (χ4n) is 2.44. The van der Waals surface area contributed by atoms with Crippen LogP contribution < -0.4 is 15.0 Å². The summed E-state index contributed by atoms with van der Waals surface area (Å²) in [7, 11) is -4.23. The van der Waals surface area contributed by atoms with Gasteiger partial charge < -0.3 is 9.15 Å². The van der Waals surface area contributed by atoms with Gasteiger partial charge in [0.05, 0.1) is 4.90 Å². The summed E-state index contributed by atoms with van der Waals surface area (Å²) in [6, 6.07) is 10.4. The molecule has 0 saturated carbocycles. The van der Waals surface area contributed by atoms with Crippen molar-refractivity contribution < 1.29 is 35.5 Å². The molecular weight excluding hydrogens is 401 g/mol. The number of hydrogen-bond acceptors (Lipinski definition) is 5. The van der Waals surface area contributed by atoms with Crippen LogP contribution >= 0.6 is 0 Å². The first-order chi connectivity index (χ1) is 13.1. The molecule has 0 aliphatic heterocycles. The molecule has 7 nitrogen and oxygen atoms in total. The van der Waals surface area contributed by atoms with Crippen molar-refractivity contribution in [1.29, 1.82) is 0 Å². The van der Waals surface area contributed by atoms with Gasteiger partial charge in [-0.1, -0.05) is 18.2 Å². The van der Waals surface area contributed by atoms with Crippen LogP contribution in [0, 0.1) is 6.92 Å². The van der Waals surface area contributed by atoms with Gasteiger partial charge >= 0.3 is 12.3 Å². The number of hydrazine groups is 1. The van der Waals surface area contributed by atoms with Crippen molar-refractivity contribution in [3.05, 3.63) is 59.9 Å². The molecule has 2 aromatic carbocycles. The van der Waals surface area contributed by atoms with Gasteiger partial charge in [-0.25, -0.2) is 8.42 Å². The standard InChI is InChI=1S/C17H13F3N2O5S/c1-10-13-4-2-3-5-14(13)26-15(10)16(23)21-22-28(24,25)12-8-6-11(7-9-12)27-17(18,19)20/h2-9,22H,1H3,(H,21,23). The van der Waals surface area contributed by atoms with Crippen molar-refractivity contribution >= 4 is 26.9 Å². The number of nitrogens with one attached hydrogen (secondary N) is 2. The molecule has 0 aliphatic rings. The van der Waals surface area contributed by atoms with Gasteiger partial charge in [0.2, 0.25) is 0 Å². The highest BCUT2D eigenvalue weighted by atomic mass is 32.2. The molecule has 11 heteroatoms. The van der Waals surface area contributed by atoms with E-state index in [2.05, 4.69) is 4.74 Å². The molecule has 2 N–H and O–H groups in total. The lowest BCUT2D eigenvalue weighted by atomic mass is 10.1. The number of para-hydroxylation sites is 1. The topological polar surface area (TPSA) is 97.6 Å². The fraction of sp³-hybridized carbons (Fsp3) is 0.118. The van der Waals surface area contributed by atoms with E-state index in [1.807, 2.05) is 10.3 Å². The maximum absolute atomic E-state index is 12.2. The number of hydrogen-bond donors (Lipinski definition) is 2. The van der Waals surface area contributed by atoms with Gasteiger partial charge in [0.1, 0.15) is 11.3 Å². The monoisotopic (exact) mass is 414 g/mol. The first-order valence-corrected chi connectivity index (χ1v) is 9.21. The van der Waals surface area contributed by atoms with Gasteiger partial charge in [-0.3, -0.25) is 10.2 Å². The lowest BCUT2D eigenvalue weighted by Gasteiger charge is -2.10. The summed E-state index contributed by atoms with van der Waals surface area (Å²) < 4.78 is 69.9. The average molecular weight is 414 g/mol. The van der Waals surface area contributed by atoms with Gasteiger partial charge in [0, 0.05) is 10.9 Å². The van der Waals surface area contributed by atoms with Crippen LogP contribution in [0.25, 0.3) is 11.0 Å². The van der Waals surface area contributed by atoms with Gasteiger partial charge in [0.25, 0.3) is 10.0 Å². The van der Waals surface area contributed by atoms with E-state index in [1.165, 1.54) is 0 Å². The molecule has 3 rings (SSSR count). The summed E-state index contributed by atoms with van der Waals surface area (Å²) in [5.74, 6) is -1.47. The Labute approximate surface area is 157 Å². The van der Waals surface area contributed by atoms with Gasteiger partial charge in [-0.05, 0) is 37.3 Å². The lowest BCUT2D eigenvalue weighted by Crippen LogP contribution is -2.41. The Morgan fingerprint density at radius 1 is 1.07 bits per heavy atom. The summed E-state index contributed by atoms with van der Waals surface area (Å²) in [6.45, 7) is 1.65. The van der Waals surface area contributed by atoms with E-state index in [9.17, 15) is 26.4 Å². The summed E-state index contributed by atoms with van der Waals surface area (Å²) in [4.78, 5) is 13.7. The van der Waals surface area contributed by atoms with Crippen molar-refractivity contribution in [2.75, 3.05) is 0 Å². The number of rotatable bonds is 5. The lowest BCUT2D eigenvalue weighted by molar-refractivity contribution is -0.274. The zero-order valence-corrected chi connectivity index (χ0v) is 15.0. The normalized spacial score (nSPS) is 12.1. The third-order valence-electron chi connectivity index (χ3n) is 3.72. The minimum absolute atomic E-state index is 0.0715. The molecule has 148 valence electrons. The number of amides is 1. The first-order valence-electron chi connectivity index (χ1n) is 7.73. The van der Waals surface area contributed by atoms with Gasteiger partial charge in [-0.2, -0.15) is 0 Å². The third kappa shape index (κ3) is 4.26. The molecule has 0 bridgehead atoms. The van der Waals surface area contributed by atoms with Gasteiger partial charge in [0.15, 0.2) is 5.76 Å². The maximum Gasteiger partial charge on any atom is 0.573 e. The number of alkyl halides is 3. The second-order valence-corrected chi connectivity index (χ2v) is 7.31. The number of benzene rings is 2. The van der Waals surface area contributed by atoms with E-state index in [0.717, 1.165) is 24.3 Å². The van der Waals surface area contributed by atoms with E-state index >= 15 is 0 Å². The highest BCUT2D eigenvalue weighted by Gasteiger charge is 2.31. The molecule has 0 fully saturated rings. The Morgan fingerprint density at radius 3 is 2.32 bits per heavy atom. The Balaban J connectivity index is 1.72. The Hall–Kier alpha value is -3.05. The number of furan rings is 1.